The molecule has 29 heavy (non-hydrogen) atoms. The van der Waals surface area contributed by atoms with Crippen molar-refractivity contribution in [3.8, 4) is 0 Å². The molecule has 0 aromatic rings. The number of ether oxygens (including phenoxy) is 3. The first kappa shape index (κ1) is 20.1. The van der Waals surface area contributed by atoms with Crippen LogP contribution in [0.4, 0.5) is 0 Å². The second-order valence-corrected chi connectivity index (χ2v) is 11.1. The van der Waals surface area contributed by atoms with Crippen molar-refractivity contribution in [2.45, 2.75) is 91.0 Å². The molecule has 5 unspecified atom stereocenters. The molecule has 0 spiro atoms. The second-order valence-electron chi connectivity index (χ2n) is 11.1. The summed E-state index contributed by atoms with van der Waals surface area (Å²) in [4.78, 5) is 11.4. The number of hydrogen-bond acceptors (Lipinski definition) is 4. The van der Waals surface area contributed by atoms with Crippen molar-refractivity contribution >= 4 is 5.97 Å². The molecule has 4 heteroatoms. The monoisotopic (exact) mass is 402 g/mol. The van der Waals surface area contributed by atoms with E-state index < -0.39 is 0 Å². The van der Waals surface area contributed by atoms with Crippen molar-refractivity contribution in [2.75, 3.05) is 13.2 Å². The lowest BCUT2D eigenvalue weighted by molar-refractivity contribution is -0.214. The lowest BCUT2D eigenvalue weighted by Gasteiger charge is -2.58. The van der Waals surface area contributed by atoms with Crippen LogP contribution in [0.2, 0.25) is 0 Å². The first-order valence-electron chi connectivity index (χ1n) is 11.9. The maximum Gasteiger partial charge on any atom is 0.302 e. The highest BCUT2D eigenvalue weighted by molar-refractivity contribution is 5.66. The molecule has 1 aliphatic heterocycles. The number of esters is 1. The van der Waals surface area contributed by atoms with Crippen molar-refractivity contribution in [3.05, 3.63) is 11.6 Å². The molecule has 4 nitrogen and oxygen atoms in total. The van der Waals surface area contributed by atoms with Crippen LogP contribution in [0.15, 0.2) is 11.6 Å². The number of rotatable bonds is 2. The number of allylic oxidation sites excluding steroid dienone is 1. The van der Waals surface area contributed by atoms with E-state index in [-0.39, 0.29) is 17.9 Å². The van der Waals surface area contributed by atoms with Gasteiger partial charge in [-0.3, -0.25) is 4.79 Å². The molecule has 4 fully saturated rings. The normalized spacial score (nSPS) is 48.3. The Balaban J connectivity index is 1.39. The maximum atomic E-state index is 11.4. The van der Waals surface area contributed by atoms with E-state index in [4.69, 9.17) is 14.2 Å². The van der Waals surface area contributed by atoms with Crippen molar-refractivity contribution in [1.82, 2.24) is 0 Å². The molecule has 4 aliphatic carbocycles. The lowest BCUT2D eigenvalue weighted by Crippen LogP contribution is -2.53. The largest absolute Gasteiger partial charge is 0.462 e. The van der Waals surface area contributed by atoms with Crippen LogP contribution in [0.1, 0.15) is 79.1 Å². The average Bonchev–Trinajstić information content (AvgIpc) is 3.25. The zero-order valence-corrected chi connectivity index (χ0v) is 18.7. The summed E-state index contributed by atoms with van der Waals surface area (Å²) in [7, 11) is 0. The Morgan fingerprint density at radius 2 is 1.79 bits per heavy atom. The third kappa shape index (κ3) is 2.96. The van der Waals surface area contributed by atoms with Crippen molar-refractivity contribution in [3.63, 3.8) is 0 Å². The molecule has 0 radical (unpaired) electrons. The summed E-state index contributed by atoms with van der Waals surface area (Å²) in [5, 5.41) is 0. The van der Waals surface area contributed by atoms with Gasteiger partial charge in [0, 0.05) is 19.3 Å². The fourth-order valence-electron chi connectivity index (χ4n) is 8.56. The maximum absolute atomic E-state index is 11.4. The highest BCUT2D eigenvalue weighted by Gasteiger charge is 2.62. The van der Waals surface area contributed by atoms with Crippen LogP contribution in [-0.4, -0.2) is 31.1 Å². The minimum atomic E-state index is -0.377. The molecule has 0 bridgehead atoms. The first-order valence-corrected chi connectivity index (χ1v) is 11.9. The van der Waals surface area contributed by atoms with E-state index in [1.807, 2.05) is 0 Å². The van der Waals surface area contributed by atoms with Gasteiger partial charge in [-0.1, -0.05) is 25.5 Å². The summed E-state index contributed by atoms with van der Waals surface area (Å²) in [6.07, 6.45) is 12.1. The van der Waals surface area contributed by atoms with Gasteiger partial charge in [-0.2, -0.15) is 0 Å². The van der Waals surface area contributed by atoms with E-state index in [2.05, 4.69) is 26.8 Å². The fraction of sp³-hybridized carbons (Fsp3) is 0.880. The Bertz CT molecular complexity index is 708. The molecule has 5 aliphatic rings. The summed E-state index contributed by atoms with van der Waals surface area (Å²) in [5.74, 6) is 2.33. The smallest absolute Gasteiger partial charge is 0.302 e. The Kier molecular flexibility index (Phi) is 4.71. The summed E-state index contributed by atoms with van der Waals surface area (Å²) in [6.45, 7) is 10.3. The number of carbonyl (C=O) groups is 1. The van der Waals surface area contributed by atoms with Crippen LogP contribution in [-0.2, 0) is 19.0 Å². The number of carbonyl (C=O) groups excluding carboxylic acids is 1. The Labute approximate surface area is 175 Å². The third-order valence-electron chi connectivity index (χ3n) is 9.88. The van der Waals surface area contributed by atoms with E-state index in [1.165, 1.54) is 39.0 Å². The third-order valence-corrected chi connectivity index (χ3v) is 9.88. The minimum absolute atomic E-state index is 0.0877. The first-order chi connectivity index (χ1) is 13.8. The van der Waals surface area contributed by atoms with Gasteiger partial charge in [-0.25, -0.2) is 0 Å². The summed E-state index contributed by atoms with van der Waals surface area (Å²) in [6, 6.07) is 0. The lowest BCUT2D eigenvalue weighted by atomic mass is 9.47. The quantitative estimate of drug-likeness (QED) is 0.467. The van der Waals surface area contributed by atoms with Crippen molar-refractivity contribution in [2.24, 2.45) is 34.5 Å². The number of hydrogen-bond donors (Lipinski definition) is 0. The molecule has 5 rings (SSSR count). The average molecular weight is 403 g/mol. The van der Waals surface area contributed by atoms with Crippen LogP contribution in [0, 0.1) is 34.5 Å². The van der Waals surface area contributed by atoms with Crippen LogP contribution < -0.4 is 0 Å². The molecule has 0 aromatic carbocycles. The molecular formula is C25H38O4. The van der Waals surface area contributed by atoms with Crippen LogP contribution in [0.5, 0.6) is 0 Å². The highest BCUT2D eigenvalue weighted by Crippen LogP contribution is 2.68. The predicted octanol–water partition coefficient (Wildman–Crippen LogP) is 5.26. The van der Waals surface area contributed by atoms with E-state index in [1.54, 1.807) is 5.57 Å². The van der Waals surface area contributed by atoms with Crippen molar-refractivity contribution < 1.29 is 19.0 Å². The fourth-order valence-corrected chi connectivity index (χ4v) is 8.56. The number of fused-ring (bicyclic) bond motifs is 5. The van der Waals surface area contributed by atoms with E-state index in [0.717, 1.165) is 50.2 Å². The minimum Gasteiger partial charge on any atom is -0.462 e. The van der Waals surface area contributed by atoms with Gasteiger partial charge in [-0.15, -0.1) is 0 Å². The summed E-state index contributed by atoms with van der Waals surface area (Å²) in [5.41, 5.74) is 2.20. The van der Waals surface area contributed by atoms with Crippen LogP contribution >= 0.6 is 0 Å². The standard InChI is InChI=1S/C25H38O4/c1-16(26)29-18-9-11-23(2)17(15-18)5-6-19-20-7-8-22(25(4)27-13-14-28-25)24(20,3)12-10-21(19)23/h5,18-22H,6-15H2,1-4H3/t18?,19?,20?,21?,22?,23-,24-/m0/s1. The highest BCUT2D eigenvalue weighted by atomic mass is 16.7. The SMILES string of the molecule is CC(=O)OC1CC[C@@]2(C)C(=CCC3C4CCC(C5(C)OCCO5)[C@@]4(C)CCC32)C1. The zero-order chi connectivity index (χ0) is 20.4. The van der Waals surface area contributed by atoms with Gasteiger partial charge >= 0.3 is 5.97 Å². The Morgan fingerprint density at radius 1 is 1.03 bits per heavy atom. The molecule has 3 saturated carbocycles. The summed E-state index contributed by atoms with van der Waals surface area (Å²) < 4.78 is 17.9. The second kappa shape index (κ2) is 6.82. The van der Waals surface area contributed by atoms with Gasteiger partial charge in [0.1, 0.15) is 6.10 Å². The van der Waals surface area contributed by atoms with Gasteiger partial charge in [0.2, 0.25) is 0 Å². The Hall–Kier alpha value is -0.870. The van der Waals surface area contributed by atoms with Crippen LogP contribution in [0.25, 0.3) is 0 Å². The van der Waals surface area contributed by atoms with Crippen LogP contribution in [0.3, 0.4) is 0 Å². The molecule has 0 aromatic heterocycles. The predicted molar refractivity (Wildman–Crippen MR) is 111 cm³/mol. The van der Waals surface area contributed by atoms with Gasteiger partial charge in [0.15, 0.2) is 5.79 Å². The van der Waals surface area contributed by atoms with Gasteiger partial charge in [0.05, 0.1) is 13.2 Å². The molecule has 1 saturated heterocycles. The van der Waals surface area contributed by atoms with Gasteiger partial charge in [-0.05, 0) is 80.5 Å². The molecule has 0 N–H and O–H groups in total. The van der Waals surface area contributed by atoms with E-state index in [0.29, 0.717) is 16.7 Å². The topological polar surface area (TPSA) is 44.8 Å². The molecule has 7 atom stereocenters. The molecule has 0 amide bonds. The molecule has 162 valence electrons. The van der Waals surface area contributed by atoms with Crippen molar-refractivity contribution in [1.29, 1.82) is 0 Å². The zero-order valence-electron chi connectivity index (χ0n) is 18.7. The molecular weight excluding hydrogens is 364 g/mol. The molecule has 1 heterocycles. The summed E-state index contributed by atoms with van der Waals surface area (Å²) >= 11 is 0. The van der Waals surface area contributed by atoms with E-state index in [9.17, 15) is 4.79 Å². The van der Waals surface area contributed by atoms with Gasteiger partial charge < -0.3 is 14.2 Å². The Morgan fingerprint density at radius 3 is 2.52 bits per heavy atom. The van der Waals surface area contributed by atoms with Gasteiger partial charge in [0.25, 0.3) is 0 Å². The van der Waals surface area contributed by atoms with E-state index >= 15 is 0 Å².